The zero-order chi connectivity index (χ0) is 14.0. The minimum Gasteiger partial charge on any atom is -0.436 e. The van der Waals surface area contributed by atoms with E-state index in [1.165, 1.54) is 0 Å². The van der Waals surface area contributed by atoms with Gasteiger partial charge in [0.2, 0.25) is 5.88 Å². The smallest absolute Gasteiger partial charge is 0.417 e. The van der Waals surface area contributed by atoms with Crippen LogP contribution in [0.3, 0.4) is 0 Å². The molecule has 0 unspecified atom stereocenters. The Morgan fingerprint density at radius 3 is 2.32 bits per heavy atom. The maximum Gasteiger partial charge on any atom is 0.417 e. The summed E-state index contributed by atoms with van der Waals surface area (Å²) in [5.74, 6) is 0.126. The lowest BCUT2D eigenvalue weighted by molar-refractivity contribution is -0.137. The third-order valence-corrected chi connectivity index (χ3v) is 2.76. The molecule has 1 aromatic heterocycles. The summed E-state index contributed by atoms with van der Waals surface area (Å²) < 4.78 is 42.6. The molecular weight excluding hydrogens is 302 g/mol. The van der Waals surface area contributed by atoms with Crippen molar-refractivity contribution in [3.05, 3.63) is 52.1 Å². The van der Waals surface area contributed by atoms with E-state index in [9.17, 15) is 13.2 Å². The summed E-state index contributed by atoms with van der Waals surface area (Å²) in [6.07, 6.45) is -3.85. The SMILES string of the molecule is FC(F)(F)c1cnc(Oc2ccccc2Cl)c(Cl)c1. The van der Waals surface area contributed by atoms with E-state index in [1.54, 1.807) is 24.3 Å². The van der Waals surface area contributed by atoms with Crippen molar-refractivity contribution in [1.82, 2.24) is 4.98 Å². The number of rotatable bonds is 2. The molecule has 0 N–H and O–H groups in total. The van der Waals surface area contributed by atoms with Gasteiger partial charge in [-0.3, -0.25) is 0 Å². The Balaban J connectivity index is 2.30. The van der Waals surface area contributed by atoms with Crippen LogP contribution in [0.2, 0.25) is 10.0 Å². The Morgan fingerprint density at radius 2 is 1.74 bits per heavy atom. The van der Waals surface area contributed by atoms with Crippen LogP contribution >= 0.6 is 23.2 Å². The molecule has 0 radical (unpaired) electrons. The number of hydrogen-bond acceptors (Lipinski definition) is 2. The Morgan fingerprint density at radius 1 is 1.05 bits per heavy atom. The van der Waals surface area contributed by atoms with E-state index in [-0.39, 0.29) is 16.7 Å². The van der Waals surface area contributed by atoms with Gasteiger partial charge in [0.05, 0.1) is 10.6 Å². The zero-order valence-corrected chi connectivity index (χ0v) is 10.7. The summed E-state index contributed by atoms with van der Waals surface area (Å²) in [4.78, 5) is 3.55. The summed E-state index contributed by atoms with van der Waals surface area (Å²) in [5, 5.41) is 0.0648. The first-order chi connectivity index (χ1) is 8.88. The fourth-order valence-electron chi connectivity index (χ4n) is 1.29. The first-order valence-corrected chi connectivity index (χ1v) is 5.78. The van der Waals surface area contributed by atoms with E-state index in [0.717, 1.165) is 6.07 Å². The number of halogens is 5. The van der Waals surface area contributed by atoms with Gasteiger partial charge in [0, 0.05) is 6.20 Å². The van der Waals surface area contributed by atoms with Gasteiger partial charge in [-0.1, -0.05) is 35.3 Å². The second-order valence-electron chi connectivity index (χ2n) is 3.54. The van der Waals surface area contributed by atoms with Gasteiger partial charge in [-0.05, 0) is 18.2 Å². The molecule has 0 spiro atoms. The van der Waals surface area contributed by atoms with Crippen LogP contribution in [0.4, 0.5) is 13.2 Å². The van der Waals surface area contributed by atoms with E-state index < -0.39 is 11.7 Å². The van der Waals surface area contributed by atoms with Crippen molar-refractivity contribution in [3.63, 3.8) is 0 Å². The van der Waals surface area contributed by atoms with Gasteiger partial charge in [0.1, 0.15) is 10.8 Å². The lowest BCUT2D eigenvalue weighted by atomic mass is 10.3. The van der Waals surface area contributed by atoms with Gasteiger partial charge in [-0.25, -0.2) is 4.98 Å². The van der Waals surface area contributed by atoms with Crippen LogP contribution in [0.15, 0.2) is 36.5 Å². The van der Waals surface area contributed by atoms with Gasteiger partial charge >= 0.3 is 6.18 Å². The molecule has 0 atom stereocenters. The van der Waals surface area contributed by atoms with Crippen LogP contribution in [-0.2, 0) is 6.18 Å². The van der Waals surface area contributed by atoms with E-state index >= 15 is 0 Å². The summed E-state index contributed by atoms with van der Waals surface area (Å²) in [6.45, 7) is 0. The Bertz CT molecular complexity index is 602. The van der Waals surface area contributed by atoms with E-state index in [4.69, 9.17) is 27.9 Å². The summed E-state index contributed by atoms with van der Waals surface area (Å²) >= 11 is 11.6. The minimum atomic E-state index is -4.50. The van der Waals surface area contributed by atoms with Gasteiger partial charge in [-0.2, -0.15) is 13.2 Å². The average Bonchev–Trinajstić information content (AvgIpc) is 2.33. The molecule has 0 amide bonds. The van der Waals surface area contributed by atoms with Gasteiger partial charge < -0.3 is 4.74 Å². The van der Waals surface area contributed by atoms with Crippen LogP contribution in [-0.4, -0.2) is 4.98 Å². The first-order valence-electron chi connectivity index (χ1n) is 5.03. The summed E-state index contributed by atoms with van der Waals surface area (Å²) in [7, 11) is 0. The highest BCUT2D eigenvalue weighted by atomic mass is 35.5. The third kappa shape index (κ3) is 3.30. The molecule has 2 nitrogen and oxygen atoms in total. The second kappa shape index (κ2) is 5.27. The molecule has 7 heteroatoms. The molecule has 19 heavy (non-hydrogen) atoms. The van der Waals surface area contributed by atoms with E-state index in [2.05, 4.69) is 4.98 Å². The topological polar surface area (TPSA) is 22.1 Å². The minimum absolute atomic E-state index is 0.136. The summed E-state index contributed by atoms with van der Waals surface area (Å²) in [5.41, 5.74) is -0.941. The zero-order valence-electron chi connectivity index (χ0n) is 9.21. The molecule has 1 aromatic carbocycles. The van der Waals surface area contributed by atoms with E-state index in [0.29, 0.717) is 11.2 Å². The maximum atomic E-state index is 12.4. The van der Waals surface area contributed by atoms with Crippen LogP contribution < -0.4 is 4.74 Å². The van der Waals surface area contributed by atoms with Crippen molar-refractivity contribution in [2.24, 2.45) is 0 Å². The Labute approximate surface area is 116 Å². The van der Waals surface area contributed by atoms with Crippen LogP contribution in [0.1, 0.15) is 5.56 Å². The summed E-state index contributed by atoms with van der Waals surface area (Å²) in [6, 6.07) is 7.24. The molecule has 0 aliphatic rings. The lowest BCUT2D eigenvalue weighted by Gasteiger charge is -2.10. The molecular formula is C12H6Cl2F3NO. The number of para-hydroxylation sites is 1. The molecule has 0 bridgehead atoms. The van der Waals surface area contributed by atoms with Crippen molar-refractivity contribution in [1.29, 1.82) is 0 Å². The number of ether oxygens (including phenoxy) is 1. The predicted molar refractivity (Wildman–Crippen MR) is 65.8 cm³/mol. The number of benzene rings is 1. The average molecular weight is 308 g/mol. The highest BCUT2D eigenvalue weighted by Crippen LogP contribution is 2.36. The highest BCUT2D eigenvalue weighted by molar-refractivity contribution is 6.32. The normalized spacial score (nSPS) is 11.4. The van der Waals surface area contributed by atoms with Gasteiger partial charge in [-0.15, -0.1) is 0 Å². The van der Waals surface area contributed by atoms with Gasteiger partial charge in [0.15, 0.2) is 0 Å². The fourth-order valence-corrected chi connectivity index (χ4v) is 1.67. The molecule has 1 heterocycles. The van der Waals surface area contributed by atoms with Crippen molar-refractivity contribution < 1.29 is 17.9 Å². The van der Waals surface area contributed by atoms with Crippen LogP contribution in [0, 0.1) is 0 Å². The van der Waals surface area contributed by atoms with Crippen molar-refractivity contribution >= 4 is 23.2 Å². The van der Waals surface area contributed by atoms with Crippen LogP contribution in [0.25, 0.3) is 0 Å². The van der Waals surface area contributed by atoms with Crippen molar-refractivity contribution in [3.8, 4) is 11.6 Å². The Kier molecular flexibility index (Phi) is 3.87. The number of nitrogens with zero attached hydrogens (tertiary/aromatic N) is 1. The monoisotopic (exact) mass is 307 g/mol. The van der Waals surface area contributed by atoms with Crippen molar-refractivity contribution in [2.45, 2.75) is 6.18 Å². The third-order valence-electron chi connectivity index (χ3n) is 2.18. The molecule has 0 aliphatic heterocycles. The number of hydrogen-bond donors (Lipinski definition) is 0. The lowest BCUT2D eigenvalue weighted by Crippen LogP contribution is -2.05. The molecule has 0 saturated carbocycles. The van der Waals surface area contributed by atoms with Crippen LogP contribution in [0.5, 0.6) is 11.6 Å². The number of pyridine rings is 1. The Hall–Kier alpha value is -1.46. The molecule has 100 valence electrons. The quantitative estimate of drug-likeness (QED) is 0.760. The molecule has 0 saturated heterocycles. The largest absolute Gasteiger partial charge is 0.436 e. The first kappa shape index (κ1) is 14.0. The van der Waals surface area contributed by atoms with E-state index in [1.807, 2.05) is 0 Å². The molecule has 0 aliphatic carbocycles. The second-order valence-corrected chi connectivity index (χ2v) is 4.36. The molecule has 2 rings (SSSR count). The predicted octanol–water partition coefficient (Wildman–Crippen LogP) is 5.20. The molecule has 0 fully saturated rings. The van der Waals surface area contributed by atoms with Gasteiger partial charge in [0.25, 0.3) is 0 Å². The molecule has 2 aromatic rings. The highest BCUT2D eigenvalue weighted by Gasteiger charge is 2.31. The maximum absolute atomic E-state index is 12.4. The number of alkyl halides is 3. The number of aromatic nitrogens is 1. The van der Waals surface area contributed by atoms with Crippen molar-refractivity contribution in [2.75, 3.05) is 0 Å². The standard InChI is InChI=1S/C12H6Cl2F3NO/c13-8-3-1-2-4-10(8)19-11-9(14)5-7(6-18-11)12(15,16)17/h1-6H. The fraction of sp³-hybridized carbons (Fsp3) is 0.0833.